The van der Waals surface area contributed by atoms with Gasteiger partial charge in [-0.05, 0) is 36.6 Å². The lowest BCUT2D eigenvalue weighted by Gasteiger charge is -2.19. The van der Waals surface area contributed by atoms with E-state index in [0.717, 1.165) is 39.8 Å². The van der Waals surface area contributed by atoms with Crippen molar-refractivity contribution >= 4 is 17.0 Å². The molecule has 1 aromatic carbocycles. The molecule has 0 saturated carbocycles. The van der Waals surface area contributed by atoms with Gasteiger partial charge < -0.3 is 20.4 Å². The molecule has 122 valence electrons. The maximum atomic E-state index is 10.1. The summed E-state index contributed by atoms with van der Waals surface area (Å²) >= 11 is 1.54. The summed E-state index contributed by atoms with van der Waals surface area (Å²) in [5.74, 6) is 0. The number of aliphatic hydroxyl groups is 2. The van der Waals surface area contributed by atoms with Crippen LogP contribution in [-0.2, 0) is 13.2 Å². The highest BCUT2D eigenvalue weighted by Crippen LogP contribution is 2.36. The van der Waals surface area contributed by atoms with E-state index in [1.807, 2.05) is 0 Å². The Morgan fingerprint density at radius 1 is 1.30 bits per heavy atom. The number of β-amino-alcohol motifs (C(OH)–C–C–N with tert-alkyl or cyclic N) is 1. The molecule has 3 heterocycles. The second-order valence-corrected chi connectivity index (χ2v) is 7.20. The number of nitrogens with one attached hydrogen (secondary N) is 1. The maximum Gasteiger partial charge on any atom is 0.124 e. The molecule has 2 aromatic rings. The molecule has 0 spiro atoms. The van der Waals surface area contributed by atoms with Crippen molar-refractivity contribution in [2.24, 2.45) is 0 Å². The quantitative estimate of drug-likeness (QED) is 0.803. The van der Waals surface area contributed by atoms with Crippen LogP contribution in [-0.4, -0.2) is 34.8 Å². The number of hydrogen-bond acceptors (Lipinski definition) is 6. The lowest BCUT2D eigenvalue weighted by atomic mass is 10.1. The summed E-state index contributed by atoms with van der Waals surface area (Å²) in [5.41, 5.74) is 3.99. The lowest BCUT2D eigenvalue weighted by Crippen LogP contribution is -2.26. The lowest BCUT2D eigenvalue weighted by molar-refractivity contribution is 0.168. The van der Waals surface area contributed by atoms with Crippen LogP contribution in [0.2, 0.25) is 0 Å². The third-order valence-electron chi connectivity index (χ3n) is 4.62. The first-order valence-electron chi connectivity index (χ1n) is 8.14. The van der Waals surface area contributed by atoms with E-state index in [2.05, 4.69) is 33.4 Å². The average molecular weight is 331 g/mol. The van der Waals surface area contributed by atoms with E-state index >= 15 is 0 Å². The minimum atomic E-state index is -0.480. The van der Waals surface area contributed by atoms with Crippen LogP contribution in [0.4, 0.5) is 5.69 Å². The molecule has 1 atom stereocenters. The van der Waals surface area contributed by atoms with Crippen molar-refractivity contribution in [3.63, 3.8) is 0 Å². The summed E-state index contributed by atoms with van der Waals surface area (Å²) in [6.07, 6.45) is 1.99. The third kappa shape index (κ3) is 2.76. The van der Waals surface area contributed by atoms with Crippen molar-refractivity contribution in [2.45, 2.75) is 32.1 Å². The van der Waals surface area contributed by atoms with Gasteiger partial charge in [0.15, 0.2) is 0 Å². The normalized spacial score (nSPS) is 20.8. The fourth-order valence-corrected chi connectivity index (χ4v) is 4.51. The summed E-state index contributed by atoms with van der Waals surface area (Å²) < 4.78 is 0. The van der Waals surface area contributed by atoms with Crippen molar-refractivity contribution in [1.82, 2.24) is 10.3 Å². The molecule has 0 aliphatic carbocycles. The van der Waals surface area contributed by atoms with E-state index in [1.54, 1.807) is 0 Å². The van der Waals surface area contributed by atoms with E-state index < -0.39 is 6.10 Å². The molecule has 0 unspecified atom stereocenters. The minimum Gasteiger partial charge on any atom is -0.392 e. The predicted octanol–water partition coefficient (Wildman–Crippen LogP) is 2.04. The van der Waals surface area contributed by atoms with E-state index in [-0.39, 0.29) is 6.61 Å². The van der Waals surface area contributed by atoms with Crippen LogP contribution < -0.4 is 10.2 Å². The van der Waals surface area contributed by atoms with Gasteiger partial charge in [0.1, 0.15) is 11.1 Å². The zero-order valence-corrected chi connectivity index (χ0v) is 13.8. The molecule has 5 nitrogen and oxygen atoms in total. The van der Waals surface area contributed by atoms with Crippen molar-refractivity contribution in [3.05, 3.63) is 34.3 Å². The molecule has 2 aliphatic rings. The van der Waals surface area contributed by atoms with E-state index in [0.29, 0.717) is 13.1 Å². The van der Waals surface area contributed by atoms with Gasteiger partial charge in [-0.2, -0.15) is 0 Å². The fraction of sp³-hybridized carbons (Fsp3) is 0.471. The molecule has 3 N–H and O–H groups in total. The SMILES string of the molecule is OCc1cc(N2CCCC2)ccc1-c1nc2c(s1)[C@H](O)CNC2. The number of benzene rings is 1. The summed E-state index contributed by atoms with van der Waals surface area (Å²) in [6.45, 7) is 3.46. The van der Waals surface area contributed by atoms with Gasteiger partial charge in [0, 0.05) is 37.4 Å². The highest BCUT2D eigenvalue weighted by Gasteiger charge is 2.24. The topological polar surface area (TPSA) is 68.6 Å². The van der Waals surface area contributed by atoms with Crippen LogP contribution in [0.5, 0.6) is 0 Å². The summed E-state index contributed by atoms with van der Waals surface area (Å²) in [6, 6.07) is 6.26. The zero-order chi connectivity index (χ0) is 15.8. The maximum absolute atomic E-state index is 10.1. The molecule has 6 heteroatoms. The highest BCUT2D eigenvalue weighted by molar-refractivity contribution is 7.15. The summed E-state index contributed by atoms with van der Waals surface area (Å²) in [5, 5.41) is 23.9. The number of nitrogens with zero attached hydrogens (tertiary/aromatic N) is 2. The average Bonchev–Trinajstić information content (AvgIpc) is 3.24. The Morgan fingerprint density at radius 3 is 2.87 bits per heavy atom. The Bertz CT molecular complexity index is 710. The van der Waals surface area contributed by atoms with E-state index in [9.17, 15) is 10.2 Å². The summed E-state index contributed by atoms with van der Waals surface area (Å²) in [4.78, 5) is 7.99. The van der Waals surface area contributed by atoms with Gasteiger partial charge in [0.2, 0.25) is 0 Å². The predicted molar refractivity (Wildman–Crippen MR) is 91.6 cm³/mol. The first kappa shape index (κ1) is 15.1. The van der Waals surface area contributed by atoms with Gasteiger partial charge in [-0.3, -0.25) is 0 Å². The number of fused-ring (bicyclic) bond motifs is 1. The molecule has 0 radical (unpaired) electrons. The molecular formula is C17H21N3O2S. The molecule has 0 bridgehead atoms. The van der Waals surface area contributed by atoms with E-state index in [1.165, 1.54) is 29.9 Å². The second-order valence-electron chi connectivity index (χ2n) is 6.17. The van der Waals surface area contributed by atoms with Crippen LogP contribution in [0.3, 0.4) is 0 Å². The third-order valence-corrected chi connectivity index (χ3v) is 5.85. The number of hydrogen-bond donors (Lipinski definition) is 3. The standard InChI is InChI=1S/C17H21N3O2S/c21-10-11-7-12(20-5-1-2-6-20)3-4-13(11)17-19-14-8-18-9-15(22)16(14)23-17/h3-4,7,15,18,21-22H,1-2,5-6,8-10H2/t15-/m1/s1. The van der Waals surface area contributed by atoms with Crippen LogP contribution in [0.25, 0.3) is 10.6 Å². The Balaban J connectivity index is 1.71. The van der Waals surface area contributed by atoms with Crippen molar-refractivity contribution < 1.29 is 10.2 Å². The molecule has 23 heavy (non-hydrogen) atoms. The Morgan fingerprint density at radius 2 is 2.13 bits per heavy atom. The second kappa shape index (κ2) is 6.20. The van der Waals surface area contributed by atoms with Crippen LogP contribution >= 0.6 is 11.3 Å². The minimum absolute atomic E-state index is 0.00205. The van der Waals surface area contributed by atoms with Crippen LogP contribution in [0, 0.1) is 0 Å². The van der Waals surface area contributed by atoms with Gasteiger partial charge in [-0.1, -0.05) is 0 Å². The van der Waals surface area contributed by atoms with Gasteiger partial charge in [-0.25, -0.2) is 4.98 Å². The Labute approximate surface area is 139 Å². The fourth-order valence-electron chi connectivity index (χ4n) is 3.38. The molecule has 1 saturated heterocycles. The highest BCUT2D eigenvalue weighted by atomic mass is 32.1. The first-order valence-corrected chi connectivity index (χ1v) is 8.95. The number of thiazole rings is 1. The molecule has 4 rings (SSSR count). The first-order chi connectivity index (χ1) is 11.3. The molecule has 2 aliphatic heterocycles. The smallest absolute Gasteiger partial charge is 0.124 e. The molecular weight excluding hydrogens is 310 g/mol. The van der Waals surface area contributed by atoms with Crippen LogP contribution in [0.15, 0.2) is 18.2 Å². The molecule has 0 amide bonds. The number of rotatable bonds is 3. The van der Waals surface area contributed by atoms with Crippen molar-refractivity contribution in [3.8, 4) is 10.6 Å². The Kier molecular flexibility index (Phi) is 4.07. The van der Waals surface area contributed by atoms with E-state index in [4.69, 9.17) is 0 Å². The number of anilines is 1. The number of aliphatic hydroxyl groups excluding tert-OH is 2. The molecule has 1 aromatic heterocycles. The zero-order valence-electron chi connectivity index (χ0n) is 13.0. The summed E-state index contributed by atoms with van der Waals surface area (Å²) in [7, 11) is 0. The van der Waals surface area contributed by atoms with Gasteiger partial charge in [0.05, 0.1) is 17.2 Å². The van der Waals surface area contributed by atoms with Crippen LogP contribution in [0.1, 0.15) is 35.1 Å². The van der Waals surface area contributed by atoms with Crippen molar-refractivity contribution in [2.75, 3.05) is 24.5 Å². The van der Waals surface area contributed by atoms with Gasteiger partial charge in [-0.15, -0.1) is 11.3 Å². The monoisotopic (exact) mass is 331 g/mol. The van der Waals surface area contributed by atoms with Gasteiger partial charge >= 0.3 is 0 Å². The van der Waals surface area contributed by atoms with Crippen molar-refractivity contribution in [1.29, 1.82) is 0 Å². The largest absolute Gasteiger partial charge is 0.392 e. The van der Waals surface area contributed by atoms with Gasteiger partial charge in [0.25, 0.3) is 0 Å². The Hall–Kier alpha value is -1.47. The molecule has 1 fully saturated rings. The number of aromatic nitrogens is 1.